The molecular weight excluding hydrogens is 297 g/mol. The Morgan fingerprint density at radius 2 is 2.05 bits per heavy atom. The lowest BCUT2D eigenvalue weighted by molar-refractivity contribution is 0.265. The van der Waals surface area contributed by atoms with Crippen LogP contribution in [0.3, 0.4) is 0 Å². The van der Waals surface area contributed by atoms with E-state index >= 15 is 0 Å². The van der Waals surface area contributed by atoms with Gasteiger partial charge in [0.1, 0.15) is 22.3 Å². The van der Waals surface area contributed by atoms with Gasteiger partial charge in [-0.2, -0.15) is 0 Å². The molecule has 1 aromatic heterocycles. The van der Waals surface area contributed by atoms with Crippen LogP contribution in [0, 0.1) is 5.82 Å². The molecule has 0 saturated carbocycles. The van der Waals surface area contributed by atoms with Crippen LogP contribution in [0.25, 0.3) is 17.4 Å². The molecule has 3 nitrogen and oxygen atoms in total. The minimum atomic E-state index is -0.344. The van der Waals surface area contributed by atoms with Crippen LogP contribution in [0.4, 0.5) is 9.18 Å². The second-order valence-electron chi connectivity index (χ2n) is 4.03. The molecular formula is C14H8FNO2S2. The van der Waals surface area contributed by atoms with Gasteiger partial charge in [-0.05, 0) is 42.1 Å². The zero-order valence-corrected chi connectivity index (χ0v) is 11.7. The Labute approximate surface area is 123 Å². The summed E-state index contributed by atoms with van der Waals surface area (Å²) in [5.41, 5.74) is 0.396. The van der Waals surface area contributed by atoms with Crippen LogP contribution in [0.2, 0.25) is 0 Å². The van der Waals surface area contributed by atoms with Crippen LogP contribution in [0.5, 0.6) is 0 Å². The minimum Gasteiger partial charge on any atom is -0.457 e. The normalized spacial score (nSPS) is 16.8. The fourth-order valence-electron chi connectivity index (χ4n) is 1.79. The Morgan fingerprint density at radius 1 is 1.25 bits per heavy atom. The first-order valence-electron chi connectivity index (χ1n) is 5.73. The first-order valence-corrected chi connectivity index (χ1v) is 6.95. The van der Waals surface area contributed by atoms with E-state index < -0.39 is 0 Å². The predicted molar refractivity (Wildman–Crippen MR) is 80.8 cm³/mol. The second kappa shape index (κ2) is 5.22. The van der Waals surface area contributed by atoms with Gasteiger partial charge in [0.2, 0.25) is 0 Å². The molecule has 1 aromatic carbocycles. The van der Waals surface area contributed by atoms with Crippen molar-refractivity contribution < 1.29 is 13.6 Å². The van der Waals surface area contributed by atoms with Crippen molar-refractivity contribution in [3.63, 3.8) is 0 Å². The fraction of sp³-hybridized carbons (Fsp3) is 0. The Balaban J connectivity index is 1.92. The molecule has 3 rings (SSSR count). The lowest BCUT2D eigenvalue weighted by atomic mass is 10.1. The predicted octanol–water partition coefficient (Wildman–Crippen LogP) is 4.21. The van der Waals surface area contributed by atoms with Crippen molar-refractivity contribution in [1.82, 2.24) is 5.32 Å². The van der Waals surface area contributed by atoms with E-state index in [0.29, 0.717) is 27.0 Å². The number of amides is 1. The molecule has 0 unspecified atom stereocenters. The van der Waals surface area contributed by atoms with Crippen LogP contribution >= 0.6 is 24.0 Å². The van der Waals surface area contributed by atoms with Crippen LogP contribution in [-0.4, -0.2) is 10.2 Å². The van der Waals surface area contributed by atoms with Crippen LogP contribution in [0.1, 0.15) is 5.76 Å². The van der Waals surface area contributed by atoms with E-state index in [1.165, 1.54) is 6.07 Å². The number of benzene rings is 1. The molecule has 1 N–H and O–H groups in total. The molecule has 0 radical (unpaired) electrons. The van der Waals surface area contributed by atoms with Crippen molar-refractivity contribution in [2.75, 3.05) is 0 Å². The van der Waals surface area contributed by atoms with E-state index in [-0.39, 0.29) is 11.1 Å². The van der Waals surface area contributed by atoms with E-state index in [1.807, 2.05) is 0 Å². The van der Waals surface area contributed by atoms with Gasteiger partial charge in [-0.15, -0.1) is 0 Å². The molecule has 1 amide bonds. The molecule has 0 bridgehead atoms. The number of nitrogens with one attached hydrogen (secondary N) is 1. The molecule has 1 saturated heterocycles. The number of hydrogen-bond acceptors (Lipinski definition) is 4. The summed E-state index contributed by atoms with van der Waals surface area (Å²) in [5, 5.41) is 2.31. The molecule has 1 aliphatic heterocycles. The zero-order valence-electron chi connectivity index (χ0n) is 10.1. The van der Waals surface area contributed by atoms with E-state index in [9.17, 15) is 9.18 Å². The Morgan fingerprint density at radius 3 is 2.75 bits per heavy atom. The molecule has 100 valence electrons. The molecule has 6 heteroatoms. The topological polar surface area (TPSA) is 42.2 Å². The van der Waals surface area contributed by atoms with Crippen LogP contribution < -0.4 is 5.32 Å². The molecule has 2 heterocycles. The highest BCUT2D eigenvalue weighted by molar-refractivity contribution is 8.19. The molecule has 20 heavy (non-hydrogen) atoms. The number of carbonyl (C=O) groups is 1. The quantitative estimate of drug-likeness (QED) is 0.666. The van der Waals surface area contributed by atoms with E-state index in [1.54, 1.807) is 36.4 Å². The summed E-state index contributed by atoms with van der Waals surface area (Å²) < 4.78 is 19.2. The molecule has 0 aliphatic carbocycles. The molecule has 1 fully saturated rings. The Bertz CT molecular complexity index is 736. The summed E-state index contributed by atoms with van der Waals surface area (Å²) in [5.74, 6) is 0.608. The summed E-state index contributed by atoms with van der Waals surface area (Å²) in [6.45, 7) is 0. The van der Waals surface area contributed by atoms with Gasteiger partial charge < -0.3 is 9.73 Å². The number of thioether (sulfide) groups is 1. The van der Waals surface area contributed by atoms with Crippen molar-refractivity contribution in [3.05, 3.63) is 52.9 Å². The summed E-state index contributed by atoms with van der Waals surface area (Å²) in [6, 6.07) is 9.77. The molecule has 2 aromatic rings. The third-order valence-electron chi connectivity index (χ3n) is 2.68. The number of carbonyl (C=O) groups excluding carboxylic acids is 1. The van der Waals surface area contributed by atoms with E-state index in [2.05, 4.69) is 5.32 Å². The number of hydrogen-bond donors (Lipinski definition) is 1. The molecule has 0 atom stereocenters. The lowest BCUT2D eigenvalue weighted by Gasteiger charge is -1.98. The van der Waals surface area contributed by atoms with Gasteiger partial charge in [-0.3, -0.25) is 4.79 Å². The maximum atomic E-state index is 13.6. The summed E-state index contributed by atoms with van der Waals surface area (Å²) >= 11 is 6.03. The summed E-state index contributed by atoms with van der Waals surface area (Å²) in [7, 11) is 0. The highest BCUT2D eigenvalue weighted by Crippen LogP contribution is 2.29. The average Bonchev–Trinajstić information content (AvgIpc) is 2.98. The monoisotopic (exact) mass is 305 g/mol. The van der Waals surface area contributed by atoms with Crippen molar-refractivity contribution in [2.24, 2.45) is 0 Å². The Hall–Kier alpha value is -1.92. The maximum absolute atomic E-state index is 13.6. The average molecular weight is 305 g/mol. The van der Waals surface area contributed by atoms with Gasteiger partial charge >= 0.3 is 0 Å². The third kappa shape index (κ3) is 2.52. The number of thiocarbonyl (C=S) groups is 1. The highest BCUT2D eigenvalue weighted by atomic mass is 32.2. The Kier molecular flexibility index (Phi) is 3.42. The molecule has 0 spiro atoms. The second-order valence-corrected chi connectivity index (χ2v) is 5.46. The summed E-state index contributed by atoms with van der Waals surface area (Å²) in [4.78, 5) is 12.2. The maximum Gasteiger partial charge on any atom is 0.289 e. The summed E-state index contributed by atoms with van der Waals surface area (Å²) in [6.07, 6.45) is 1.66. The number of halogens is 1. The van der Waals surface area contributed by atoms with Gasteiger partial charge in [0.05, 0.1) is 10.5 Å². The largest absolute Gasteiger partial charge is 0.457 e. The van der Waals surface area contributed by atoms with Gasteiger partial charge in [0, 0.05) is 0 Å². The first kappa shape index (κ1) is 13.1. The number of rotatable bonds is 2. The minimum absolute atomic E-state index is 0.206. The fourth-order valence-corrected chi connectivity index (χ4v) is 2.80. The third-order valence-corrected chi connectivity index (χ3v) is 3.96. The van der Waals surface area contributed by atoms with Crippen LogP contribution in [0.15, 0.2) is 45.7 Å². The first-order chi connectivity index (χ1) is 9.63. The van der Waals surface area contributed by atoms with Gasteiger partial charge in [-0.1, -0.05) is 24.4 Å². The number of furan rings is 1. The van der Waals surface area contributed by atoms with E-state index in [4.69, 9.17) is 16.6 Å². The van der Waals surface area contributed by atoms with Crippen molar-refractivity contribution in [1.29, 1.82) is 0 Å². The van der Waals surface area contributed by atoms with Gasteiger partial charge in [-0.25, -0.2) is 4.39 Å². The zero-order chi connectivity index (χ0) is 14.1. The van der Waals surface area contributed by atoms with Crippen molar-refractivity contribution in [3.8, 4) is 11.3 Å². The van der Waals surface area contributed by atoms with Crippen molar-refractivity contribution >= 4 is 40.3 Å². The van der Waals surface area contributed by atoms with Gasteiger partial charge in [0.15, 0.2) is 0 Å². The van der Waals surface area contributed by atoms with E-state index in [0.717, 1.165) is 11.8 Å². The van der Waals surface area contributed by atoms with Crippen molar-refractivity contribution in [2.45, 2.75) is 0 Å². The SMILES string of the molecule is O=C1NC(=S)C(=Cc2ccc(-c3ccccc3F)o2)S1. The van der Waals surface area contributed by atoms with Gasteiger partial charge in [0.25, 0.3) is 5.24 Å². The lowest BCUT2D eigenvalue weighted by Crippen LogP contribution is -2.15. The smallest absolute Gasteiger partial charge is 0.289 e. The highest BCUT2D eigenvalue weighted by Gasteiger charge is 2.22. The molecule has 1 aliphatic rings. The van der Waals surface area contributed by atoms with Crippen LogP contribution in [-0.2, 0) is 0 Å². The standard InChI is InChI=1S/C14H8FNO2S2/c15-10-4-2-1-3-9(10)11-6-5-8(18-11)7-12-13(19)16-14(17)20-12/h1-7H,(H,16,17,19).